The van der Waals surface area contributed by atoms with Crippen LogP contribution >= 0.6 is 34.9 Å². The molecule has 0 aliphatic rings. The molecule has 2 heterocycles. The maximum Gasteiger partial charge on any atom is 0.270 e. The van der Waals surface area contributed by atoms with Gasteiger partial charge in [-0.25, -0.2) is 9.29 Å². The molecule has 2 aromatic carbocycles. The van der Waals surface area contributed by atoms with Crippen molar-refractivity contribution in [3.8, 4) is 5.75 Å². The number of fused-ring (bicyclic) bond motifs is 1. The van der Waals surface area contributed by atoms with Crippen molar-refractivity contribution in [3.05, 3.63) is 75.9 Å². The van der Waals surface area contributed by atoms with E-state index < -0.39 is 0 Å². The zero-order valence-corrected chi connectivity index (χ0v) is 25.3. The summed E-state index contributed by atoms with van der Waals surface area (Å²) < 4.78 is 8.10. The topological polar surface area (TPSA) is 101 Å². The van der Waals surface area contributed by atoms with Gasteiger partial charge in [0.1, 0.15) is 10.8 Å². The number of nitrogens with one attached hydrogen (secondary N) is 2. The number of thiophene rings is 1. The lowest BCUT2D eigenvalue weighted by Gasteiger charge is -2.28. The predicted molar refractivity (Wildman–Crippen MR) is 165 cm³/mol. The highest BCUT2D eigenvalue weighted by Crippen LogP contribution is 2.43. The molecule has 0 aliphatic heterocycles. The van der Waals surface area contributed by atoms with Crippen LogP contribution in [-0.4, -0.2) is 36.1 Å². The number of hydrogen-bond donors (Lipinski definition) is 2. The minimum absolute atomic E-state index is 0.189. The molecule has 0 unspecified atom stereocenters. The van der Waals surface area contributed by atoms with Crippen molar-refractivity contribution >= 4 is 79.8 Å². The van der Waals surface area contributed by atoms with Crippen LogP contribution in [0.2, 0.25) is 5.15 Å². The van der Waals surface area contributed by atoms with Crippen LogP contribution in [0.3, 0.4) is 0 Å². The number of pyridine rings is 1. The van der Waals surface area contributed by atoms with Crippen LogP contribution < -0.4 is 19.7 Å². The number of nitrogens with zero attached hydrogens (tertiary/aromatic N) is 2. The number of ether oxygens (including phenoxy) is 1. The average Bonchev–Trinajstić information content (AvgIpc) is 3.34. The monoisotopic (exact) mass is 596 g/mol. The second-order valence-electron chi connectivity index (χ2n) is 9.95. The summed E-state index contributed by atoms with van der Waals surface area (Å²) in [5.74, 6) is -0.501. The van der Waals surface area contributed by atoms with E-state index in [4.69, 9.17) is 16.3 Å². The summed E-state index contributed by atoms with van der Waals surface area (Å²) in [6.07, 6.45) is 3.21. The Bertz CT molecular complexity index is 1600. The molecule has 0 radical (unpaired) electrons. The van der Waals surface area contributed by atoms with Gasteiger partial charge in [-0.2, -0.15) is 0 Å². The third-order valence-corrected chi connectivity index (χ3v) is 8.16. The van der Waals surface area contributed by atoms with E-state index >= 15 is 0 Å². The number of rotatable bonds is 7. The Balaban J connectivity index is 1.78. The molecule has 4 rings (SSSR count). The van der Waals surface area contributed by atoms with Crippen molar-refractivity contribution in [2.75, 3.05) is 28.3 Å². The number of anilines is 3. The molecule has 0 saturated carbocycles. The van der Waals surface area contributed by atoms with E-state index in [-0.39, 0.29) is 28.3 Å². The Kier molecular flexibility index (Phi) is 8.72. The summed E-state index contributed by atoms with van der Waals surface area (Å²) in [7, 11) is 1.50. The molecule has 40 heavy (non-hydrogen) atoms. The van der Waals surface area contributed by atoms with Gasteiger partial charge in [0, 0.05) is 19.4 Å². The van der Waals surface area contributed by atoms with E-state index in [9.17, 15) is 14.4 Å². The Hall–Kier alpha value is -3.60. The summed E-state index contributed by atoms with van der Waals surface area (Å²) in [6, 6.07) is 14.2. The molecular weight excluding hydrogens is 568 g/mol. The van der Waals surface area contributed by atoms with E-state index in [1.807, 2.05) is 45.0 Å². The molecule has 0 fully saturated rings. The number of carbonyl (C=O) groups is 3. The fourth-order valence-electron chi connectivity index (χ4n) is 4.06. The van der Waals surface area contributed by atoms with Crippen LogP contribution in [-0.2, 0) is 10.2 Å². The summed E-state index contributed by atoms with van der Waals surface area (Å²) in [6.45, 7) is 7.59. The Labute approximate surface area is 246 Å². The van der Waals surface area contributed by atoms with Gasteiger partial charge in [-0.15, -0.1) is 11.3 Å². The van der Waals surface area contributed by atoms with Crippen molar-refractivity contribution in [2.45, 2.75) is 33.1 Å². The van der Waals surface area contributed by atoms with Crippen LogP contribution in [0.1, 0.15) is 53.3 Å². The third-order valence-electron chi connectivity index (χ3n) is 6.03. The first-order chi connectivity index (χ1) is 18.9. The van der Waals surface area contributed by atoms with Crippen LogP contribution in [0.15, 0.2) is 54.7 Å². The molecule has 2 aromatic heterocycles. The van der Waals surface area contributed by atoms with Crippen LogP contribution in [0, 0.1) is 0 Å². The van der Waals surface area contributed by atoms with Crippen LogP contribution in [0.5, 0.6) is 5.75 Å². The lowest BCUT2D eigenvalue weighted by atomic mass is 9.86. The Morgan fingerprint density at radius 3 is 2.40 bits per heavy atom. The number of halogens is 1. The predicted octanol–water partition coefficient (Wildman–Crippen LogP) is 7.39. The second-order valence-corrected chi connectivity index (χ2v) is 12.1. The minimum Gasteiger partial charge on any atom is -0.492 e. The summed E-state index contributed by atoms with van der Waals surface area (Å²) in [5, 5.41) is 6.94. The number of amides is 3. The van der Waals surface area contributed by atoms with Gasteiger partial charge in [0.15, 0.2) is 5.75 Å². The normalized spacial score (nSPS) is 11.3. The van der Waals surface area contributed by atoms with Gasteiger partial charge >= 0.3 is 0 Å². The first kappa shape index (κ1) is 29.4. The largest absolute Gasteiger partial charge is 0.492 e. The van der Waals surface area contributed by atoms with Gasteiger partial charge in [-0.1, -0.05) is 44.5 Å². The molecule has 4 aromatic rings. The van der Waals surface area contributed by atoms with Crippen molar-refractivity contribution < 1.29 is 19.1 Å². The summed E-state index contributed by atoms with van der Waals surface area (Å²) >= 11 is 8.41. The molecule has 3 amide bonds. The highest BCUT2D eigenvalue weighted by Gasteiger charge is 2.28. The number of aromatic nitrogens is 1. The summed E-state index contributed by atoms with van der Waals surface area (Å²) in [4.78, 5) is 43.2. The zero-order chi connectivity index (χ0) is 29.2. The van der Waals surface area contributed by atoms with Gasteiger partial charge < -0.3 is 15.4 Å². The lowest BCUT2D eigenvalue weighted by Crippen LogP contribution is -2.25. The highest BCUT2D eigenvalue weighted by atomic mass is 35.5. The molecule has 0 atom stereocenters. The molecule has 0 spiro atoms. The minimum atomic E-state index is -0.339. The SMILES string of the molecule is COc1c(NC(=O)c2cc3cccc(NC(C)=O)c3s2)cc(C(C)(C)C)cc1N(SC)C(=O)c1ccc(Cl)nc1. The fraction of sp³-hybridized carbons (Fsp3) is 0.241. The average molecular weight is 597 g/mol. The number of carbonyl (C=O) groups excluding carboxylic acids is 3. The molecule has 2 N–H and O–H groups in total. The van der Waals surface area contributed by atoms with Crippen molar-refractivity contribution in [1.82, 2.24) is 4.98 Å². The second kappa shape index (κ2) is 11.9. The van der Waals surface area contributed by atoms with Gasteiger partial charge in [-0.05, 0) is 64.7 Å². The molecule has 0 saturated heterocycles. The van der Waals surface area contributed by atoms with Crippen LogP contribution in [0.25, 0.3) is 10.1 Å². The van der Waals surface area contributed by atoms with E-state index in [0.717, 1.165) is 15.6 Å². The maximum absolute atomic E-state index is 13.5. The van der Waals surface area contributed by atoms with Crippen molar-refractivity contribution in [2.24, 2.45) is 0 Å². The van der Waals surface area contributed by atoms with Crippen molar-refractivity contribution in [3.63, 3.8) is 0 Å². The smallest absolute Gasteiger partial charge is 0.270 e. The number of benzene rings is 2. The van der Waals surface area contributed by atoms with E-state index in [2.05, 4.69) is 15.6 Å². The first-order valence-corrected chi connectivity index (χ1v) is 14.6. The van der Waals surface area contributed by atoms with Gasteiger partial charge in [0.2, 0.25) is 5.91 Å². The molecule has 208 valence electrons. The van der Waals surface area contributed by atoms with Crippen LogP contribution in [0.4, 0.5) is 17.1 Å². The third kappa shape index (κ3) is 6.24. The summed E-state index contributed by atoms with van der Waals surface area (Å²) in [5.41, 5.74) is 2.50. The fourth-order valence-corrected chi connectivity index (χ4v) is 5.80. The maximum atomic E-state index is 13.5. The molecular formula is C29H29ClN4O4S2. The first-order valence-electron chi connectivity index (χ1n) is 12.3. The zero-order valence-electron chi connectivity index (χ0n) is 22.9. The quantitative estimate of drug-likeness (QED) is 0.170. The van der Waals surface area contributed by atoms with E-state index in [1.54, 1.807) is 30.5 Å². The lowest BCUT2D eigenvalue weighted by molar-refractivity contribution is -0.114. The van der Waals surface area contributed by atoms with Gasteiger partial charge in [0.25, 0.3) is 11.8 Å². The molecule has 8 nitrogen and oxygen atoms in total. The number of hydrogen-bond acceptors (Lipinski definition) is 7. The Morgan fingerprint density at radius 1 is 1.05 bits per heavy atom. The Morgan fingerprint density at radius 2 is 1.80 bits per heavy atom. The van der Waals surface area contributed by atoms with Gasteiger partial charge in [0.05, 0.1) is 33.6 Å². The molecule has 11 heteroatoms. The number of methoxy groups -OCH3 is 1. The highest BCUT2D eigenvalue weighted by molar-refractivity contribution is 8.00. The standard InChI is InChI=1S/C29H29ClN4O4S2/c1-16(35)32-20-9-7-8-17-12-23(40-26(17)20)27(36)33-21-13-19(29(2,3)4)14-22(25(21)38-5)34(39-6)28(37)18-10-11-24(30)31-15-18/h7-15H,1-6H3,(H,32,35)(H,33,36). The van der Waals surface area contributed by atoms with Gasteiger partial charge in [-0.3, -0.25) is 14.4 Å². The van der Waals surface area contributed by atoms with E-state index in [0.29, 0.717) is 33.3 Å². The molecule has 0 aliphatic carbocycles. The van der Waals surface area contributed by atoms with Crippen molar-refractivity contribution in [1.29, 1.82) is 0 Å². The molecule has 0 bridgehead atoms. The van der Waals surface area contributed by atoms with E-state index in [1.165, 1.54) is 47.8 Å².